The quantitative estimate of drug-likeness (QED) is 0.649. The van der Waals surface area contributed by atoms with E-state index >= 15 is 0 Å². The highest BCUT2D eigenvalue weighted by Crippen LogP contribution is 2.21. The molecule has 0 aliphatic carbocycles. The maximum absolute atomic E-state index is 10.7. The van der Waals surface area contributed by atoms with Gasteiger partial charge < -0.3 is 10.1 Å². The van der Waals surface area contributed by atoms with Crippen molar-refractivity contribution >= 4 is 11.5 Å². The molecule has 0 bridgehead atoms. The minimum absolute atomic E-state index is 0.0729. The van der Waals surface area contributed by atoms with E-state index in [1.54, 1.807) is 6.07 Å². The molecule has 0 radical (unpaired) electrons. The third-order valence-electron chi connectivity index (χ3n) is 2.90. The van der Waals surface area contributed by atoms with Crippen LogP contribution in [0.25, 0.3) is 0 Å². The van der Waals surface area contributed by atoms with Crippen LogP contribution in [0.4, 0.5) is 11.5 Å². The molecule has 1 aromatic heterocycles. The van der Waals surface area contributed by atoms with Crippen molar-refractivity contribution in [2.75, 3.05) is 11.9 Å². The Morgan fingerprint density at radius 1 is 1.38 bits per heavy atom. The van der Waals surface area contributed by atoms with E-state index in [0.717, 1.165) is 11.1 Å². The van der Waals surface area contributed by atoms with Crippen LogP contribution >= 0.6 is 0 Å². The van der Waals surface area contributed by atoms with Gasteiger partial charge >= 0.3 is 0 Å². The summed E-state index contributed by atoms with van der Waals surface area (Å²) in [4.78, 5) is 18.6. The number of nitrogens with one attached hydrogen (secondary N) is 1. The first-order valence-corrected chi connectivity index (χ1v) is 6.53. The average Bonchev–Trinajstić information content (AvgIpc) is 2.48. The summed E-state index contributed by atoms with van der Waals surface area (Å²) in [5, 5.41) is 13.9. The van der Waals surface area contributed by atoms with Crippen molar-refractivity contribution in [3.05, 3.63) is 51.8 Å². The standard InChI is InChI=1S/C14H16N4O3/c1-3-21-14-10(2)13(16-9-17-14)15-8-11-5-4-6-12(7-11)18(19)20/h4-7,9H,3,8H2,1-2H3,(H,15,16,17). The normalized spacial score (nSPS) is 10.2. The molecule has 7 nitrogen and oxygen atoms in total. The van der Waals surface area contributed by atoms with Crippen LogP contribution in [0.2, 0.25) is 0 Å². The SMILES string of the molecule is CCOc1ncnc(NCc2cccc([N+](=O)[O-])c2)c1C. The lowest BCUT2D eigenvalue weighted by molar-refractivity contribution is -0.384. The molecule has 1 heterocycles. The number of anilines is 1. The minimum Gasteiger partial charge on any atom is -0.478 e. The second-order valence-electron chi connectivity index (χ2n) is 4.37. The van der Waals surface area contributed by atoms with Gasteiger partial charge in [-0.2, -0.15) is 0 Å². The molecule has 7 heteroatoms. The number of nitro benzene ring substituents is 1. The highest BCUT2D eigenvalue weighted by molar-refractivity contribution is 5.48. The first-order chi connectivity index (χ1) is 10.1. The first-order valence-electron chi connectivity index (χ1n) is 6.53. The maximum atomic E-state index is 10.7. The molecule has 2 rings (SSSR count). The number of rotatable bonds is 6. The van der Waals surface area contributed by atoms with Crippen molar-refractivity contribution in [3.63, 3.8) is 0 Å². The lowest BCUT2D eigenvalue weighted by Crippen LogP contribution is -2.06. The van der Waals surface area contributed by atoms with Crippen molar-refractivity contribution in [1.82, 2.24) is 9.97 Å². The second-order valence-corrected chi connectivity index (χ2v) is 4.37. The van der Waals surface area contributed by atoms with Crippen molar-refractivity contribution < 1.29 is 9.66 Å². The fourth-order valence-corrected chi connectivity index (χ4v) is 1.86. The molecule has 0 spiro atoms. The molecule has 1 N–H and O–H groups in total. The third kappa shape index (κ3) is 3.65. The lowest BCUT2D eigenvalue weighted by Gasteiger charge is -2.11. The Morgan fingerprint density at radius 3 is 2.90 bits per heavy atom. The van der Waals surface area contributed by atoms with Crippen molar-refractivity contribution in [3.8, 4) is 5.88 Å². The molecule has 110 valence electrons. The molecular weight excluding hydrogens is 272 g/mol. The van der Waals surface area contributed by atoms with E-state index < -0.39 is 4.92 Å². The van der Waals surface area contributed by atoms with Crippen molar-refractivity contribution in [2.24, 2.45) is 0 Å². The molecule has 0 unspecified atom stereocenters. The zero-order valence-corrected chi connectivity index (χ0v) is 11.9. The Morgan fingerprint density at radius 2 is 2.19 bits per heavy atom. The van der Waals surface area contributed by atoms with Gasteiger partial charge in [-0.15, -0.1) is 0 Å². The van der Waals surface area contributed by atoms with Gasteiger partial charge in [-0.25, -0.2) is 9.97 Å². The highest BCUT2D eigenvalue weighted by Gasteiger charge is 2.09. The first kappa shape index (κ1) is 14.7. The third-order valence-corrected chi connectivity index (χ3v) is 2.90. The molecule has 0 aliphatic heterocycles. The number of benzene rings is 1. The van der Waals surface area contributed by atoms with Crippen LogP contribution in [0, 0.1) is 17.0 Å². The van der Waals surface area contributed by atoms with Crippen molar-refractivity contribution in [1.29, 1.82) is 0 Å². The zero-order valence-electron chi connectivity index (χ0n) is 11.9. The second kappa shape index (κ2) is 6.65. The molecule has 2 aromatic rings. The summed E-state index contributed by atoms with van der Waals surface area (Å²) in [6, 6.07) is 6.48. The van der Waals surface area contributed by atoms with E-state index in [9.17, 15) is 10.1 Å². The summed E-state index contributed by atoms with van der Waals surface area (Å²) in [5.74, 6) is 1.19. The van der Waals surface area contributed by atoms with Gasteiger partial charge in [-0.1, -0.05) is 12.1 Å². The van der Waals surface area contributed by atoms with E-state index in [1.807, 2.05) is 19.9 Å². The Labute approximate surface area is 122 Å². The largest absolute Gasteiger partial charge is 0.478 e. The van der Waals surface area contributed by atoms with E-state index in [2.05, 4.69) is 15.3 Å². The molecule has 0 aliphatic rings. The van der Waals surface area contributed by atoms with Crippen LogP contribution in [0.5, 0.6) is 5.88 Å². The summed E-state index contributed by atoms with van der Waals surface area (Å²) in [5.41, 5.74) is 1.69. The van der Waals surface area contributed by atoms with Gasteiger partial charge in [0.2, 0.25) is 5.88 Å². The smallest absolute Gasteiger partial charge is 0.269 e. The Hall–Kier alpha value is -2.70. The van der Waals surface area contributed by atoms with Crippen LogP contribution < -0.4 is 10.1 Å². The Balaban J connectivity index is 2.11. The Kier molecular flexibility index (Phi) is 4.65. The molecule has 0 fully saturated rings. The summed E-state index contributed by atoms with van der Waals surface area (Å²) in [7, 11) is 0. The molecule has 0 saturated carbocycles. The van der Waals surface area contributed by atoms with Gasteiger partial charge in [0.25, 0.3) is 5.69 Å². The summed E-state index contributed by atoms with van der Waals surface area (Å²) in [6.45, 7) is 4.71. The Bertz CT molecular complexity index is 646. The van der Waals surface area contributed by atoms with Crippen molar-refractivity contribution in [2.45, 2.75) is 20.4 Å². The van der Waals surface area contributed by atoms with E-state index in [4.69, 9.17) is 4.74 Å². The molecule has 1 aromatic carbocycles. The number of non-ortho nitro benzene ring substituents is 1. The maximum Gasteiger partial charge on any atom is 0.269 e. The molecular formula is C14H16N4O3. The van der Waals surface area contributed by atoms with Crippen LogP contribution in [-0.2, 0) is 6.54 Å². The van der Waals surface area contributed by atoms with Gasteiger partial charge in [0.1, 0.15) is 12.1 Å². The number of nitrogens with zero attached hydrogens (tertiary/aromatic N) is 3. The van der Waals surface area contributed by atoms with Gasteiger partial charge in [-0.3, -0.25) is 10.1 Å². The fraction of sp³-hybridized carbons (Fsp3) is 0.286. The predicted molar refractivity (Wildman–Crippen MR) is 78.4 cm³/mol. The monoisotopic (exact) mass is 288 g/mol. The number of hydrogen-bond acceptors (Lipinski definition) is 6. The number of aromatic nitrogens is 2. The number of nitro groups is 1. The van der Waals surface area contributed by atoms with E-state index in [1.165, 1.54) is 18.5 Å². The highest BCUT2D eigenvalue weighted by atomic mass is 16.6. The fourth-order valence-electron chi connectivity index (χ4n) is 1.86. The van der Waals surface area contributed by atoms with Crippen LogP contribution in [0.3, 0.4) is 0 Å². The summed E-state index contributed by atoms with van der Waals surface area (Å²) >= 11 is 0. The van der Waals surface area contributed by atoms with Crippen LogP contribution in [0.15, 0.2) is 30.6 Å². The lowest BCUT2D eigenvalue weighted by atomic mass is 10.2. The molecule has 0 amide bonds. The van der Waals surface area contributed by atoms with Crippen LogP contribution in [-0.4, -0.2) is 21.5 Å². The average molecular weight is 288 g/mol. The molecule has 0 atom stereocenters. The van der Waals surface area contributed by atoms with E-state index in [0.29, 0.717) is 24.8 Å². The minimum atomic E-state index is -0.410. The number of ether oxygens (including phenoxy) is 1. The summed E-state index contributed by atoms with van der Waals surface area (Å²) < 4.78 is 5.40. The zero-order chi connectivity index (χ0) is 15.2. The van der Waals surface area contributed by atoms with Gasteiger partial charge in [0, 0.05) is 18.7 Å². The predicted octanol–water partition coefficient (Wildman–Crippen LogP) is 2.70. The van der Waals surface area contributed by atoms with E-state index in [-0.39, 0.29) is 5.69 Å². The summed E-state index contributed by atoms with van der Waals surface area (Å²) in [6.07, 6.45) is 1.42. The number of hydrogen-bond donors (Lipinski definition) is 1. The van der Waals surface area contributed by atoms with Gasteiger partial charge in [0.05, 0.1) is 17.1 Å². The molecule has 0 saturated heterocycles. The van der Waals surface area contributed by atoms with Gasteiger partial charge in [-0.05, 0) is 19.4 Å². The van der Waals surface area contributed by atoms with Crippen LogP contribution in [0.1, 0.15) is 18.1 Å². The molecule has 21 heavy (non-hydrogen) atoms. The van der Waals surface area contributed by atoms with Gasteiger partial charge in [0.15, 0.2) is 0 Å². The topological polar surface area (TPSA) is 90.2 Å².